The minimum Gasteiger partial charge on any atom is -0.352 e. The lowest BCUT2D eigenvalue weighted by Crippen LogP contribution is -2.29. The van der Waals surface area contributed by atoms with Gasteiger partial charge >= 0.3 is 0 Å². The zero-order valence-electron chi connectivity index (χ0n) is 14.0. The second-order valence-corrected chi connectivity index (χ2v) is 6.95. The van der Waals surface area contributed by atoms with E-state index in [4.69, 9.17) is 0 Å². The maximum Gasteiger partial charge on any atom is 0.251 e. The Hall–Kier alpha value is -2.53. The van der Waals surface area contributed by atoms with Gasteiger partial charge in [0.15, 0.2) is 6.29 Å². The van der Waals surface area contributed by atoms with Crippen molar-refractivity contribution in [1.29, 1.82) is 0 Å². The van der Waals surface area contributed by atoms with E-state index >= 15 is 0 Å². The van der Waals surface area contributed by atoms with Gasteiger partial charge in [-0.2, -0.15) is 0 Å². The number of hydrogen-bond acceptors (Lipinski definition) is 3. The van der Waals surface area contributed by atoms with Crippen molar-refractivity contribution in [1.82, 2.24) is 10.2 Å². The summed E-state index contributed by atoms with van der Waals surface area (Å²) in [6.45, 7) is 2.61. The summed E-state index contributed by atoms with van der Waals surface area (Å²) in [5.41, 5.74) is 3.31. The molecule has 2 aromatic rings. The van der Waals surface area contributed by atoms with Crippen molar-refractivity contribution in [2.75, 3.05) is 26.7 Å². The number of halogens is 1. The summed E-state index contributed by atoms with van der Waals surface area (Å²) in [4.78, 5) is 25.8. The Morgan fingerprint density at radius 3 is 2.72 bits per heavy atom. The van der Waals surface area contributed by atoms with E-state index in [1.54, 1.807) is 6.07 Å². The van der Waals surface area contributed by atoms with Crippen molar-refractivity contribution in [2.24, 2.45) is 5.92 Å². The van der Waals surface area contributed by atoms with E-state index in [-0.39, 0.29) is 11.5 Å². The van der Waals surface area contributed by atoms with Crippen LogP contribution in [0.4, 0.5) is 4.39 Å². The standard InChI is InChI=1S/C20H19FN2O2/c1-23-9-15-8-22-20(25)17-7-13(2-4-16(17)18(15)10-23)12-3-5-19(21)14(6-12)11-24/h2-7,11,15,18H,8-10H2,1H3,(H,22,25)/t15-,18-/m0/s1. The lowest BCUT2D eigenvalue weighted by Gasteiger charge is -2.17. The Kier molecular flexibility index (Phi) is 3.88. The van der Waals surface area contributed by atoms with Crippen LogP contribution in [0.5, 0.6) is 0 Å². The van der Waals surface area contributed by atoms with Crippen LogP contribution in [0.25, 0.3) is 11.1 Å². The molecule has 4 rings (SSSR count). The highest BCUT2D eigenvalue weighted by Crippen LogP contribution is 2.37. The van der Waals surface area contributed by atoms with Gasteiger partial charge in [0.1, 0.15) is 5.82 Å². The van der Waals surface area contributed by atoms with E-state index < -0.39 is 5.82 Å². The van der Waals surface area contributed by atoms with E-state index in [0.717, 1.165) is 29.8 Å². The predicted molar refractivity (Wildman–Crippen MR) is 93.3 cm³/mol. The van der Waals surface area contributed by atoms with Crippen LogP contribution in [-0.4, -0.2) is 43.8 Å². The zero-order valence-corrected chi connectivity index (χ0v) is 14.0. The fourth-order valence-electron chi connectivity index (χ4n) is 4.03. The number of likely N-dealkylation sites (N-methyl/N-ethyl adjacent to an activating group) is 1. The molecule has 0 radical (unpaired) electrons. The van der Waals surface area contributed by atoms with Gasteiger partial charge < -0.3 is 10.2 Å². The van der Waals surface area contributed by atoms with Gasteiger partial charge in [-0.05, 0) is 47.9 Å². The topological polar surface area (TPSA) is 49.4 Å². The van der Waals surface area contributed by atoms with Gasteiger partial charge in [0.05, 0.1) is 5.56 Å². The first-order chi connectivity index (χ1) is 12.1. The number of amides is 1. The van der Waals surface area contributed by atoms with Crippen LogP contribution < -0.4 is 5.32 Å². The number of benzene rings is 2. The summed E-state index contributed by atoms with van der Waals surface area (Å²) in [5.74, 6) is 0.162. The molecule has 0 bridgehead atoms. The highest BCUT2D eigenvalue weighted by atomic mass is 19.1. The van der Waals surface area contributed by atoms with Crippen LogP contribution in [-0.2, 0) is 0 Å². The van der Waals surface area contributed by atoms with Crippen LogP contribution in [0, 0.1) is 11.7 Å². The molecule has 0 aliphatic carbocycles. The fraction of sp³-hybridized carbons (Fsp3) is 0.300. The van der Waals surface area contributed by atoms with Gasteiger partial charge in [-0.25, -0.2) is 4.39 Å². The van der Waals surface area contributed by atoms with E-state index in [9.17, 15) is 14.0 Å². The Bertz CT molecular complexity index is 865. The summed E-state index contributed by atoms with van der Waals surface area (Å²) in [6, 6.07) is 10.3. The number of carbonyl (C=O) groups is 2. The first-order valence-electron chi connectivity index (χ1n) is 8.42. The van der Waals surface area contributed by atoms with Crippen molar-refractivity contribution in [3.8, 4) is 11.1 Å². The maximum absolute atomic E-state index is 13.6. The molecular weight excluding hydrogens is 319 g/mol. The lowest BCUT2D eigenvalue weighted by atomic mass is 9.86. The largest absolute Gasteiger partial charge is 0.352 e. The lowest BCUT2D eigenvalue weighted by molar-refractivity contribution is 0.0951. The van der Waals surface area contributed by atoms with Crippen LogP contribution in [0.3, 0.4) is 0 Å². The Labute approximate surface area is 145 Å². The highest BCUT2D eigenvalue weighted by Gasteiger charge is 2.36. The van der Waals surface area contributed by atoms with Crippen molar-refractivity contribution >= 4 is 12.2 Å². The quantitative estimate of drug-likeness (QED) is 0.857. The Morgan fingerprint density at radius 1 is 1.16 bits per heavy atom. The molecule has 1 N–H and O–H groups in total. The molecule has 0 spiro atoms. The Morgan fingerprint density at radius 2 is 1.92 bits per heavy atom. The van der Waals surface area contributed by atoms with Crippen LogP contribution in [0.15, 0.2) is 36.4 Å². The molecule has 4 nitrogen and oxygen atoms in total. The number of nitrogens with one attached hydrogen (secondary N) is 1. The summed E-state index contributed by atoms with van der Waals surface area (Å²) >= 11 is 0. The smallest absolute Gasteiger partial charge is 0.251 e. The summed E-state index contributed by atoms with van der Waals surface area (Å²) in [5, 5.41) is 3.02. The van der Waals surface area contributed by atoms with Crippen molar-refractivity contribution in [2.45, 2.75) is 5.92 Å². The average molecular weight is 338 g/mol. The number of hydrogen-bond donors (Lipinski definition) is 1. The minimum atomic E-state index is -0.539. The van der Waals surface area contributed by atoms with Crippen molar-refractivity contribution < 1.29 is 14.0 Å². The zero-order chi connectivity index (χ0) is 17.6. The van der Waals surface area contributed by atoms with Crippen molar-refractivity contribution in [3.63, 3.8) is 0 Å². The molecule has 0 saturated carbocycles. The molecule has 2 aliphatic rings. The van der Waals surface area contributed by atoms with E-state index in [2.05, 4.69) is 17.3 Å². The number of fused-ring (bicyclic) bond motifs is 3. The van der Waals surface area contributed by atoms with E-state index in [1.807, 2.05) is 18.2 Å². The third-order valence-corrected chi connectivity index (χ3v) is 5.30. The molecule has 1 saturated heterocycles. The molecule has 5 heteroatoms. The van der Waals surface area contributed by atoms with Gasteiger partial charge in [0, 0.05) is 31.1 Å². The van der Waals surface area contributed by atoms with Crippen LogP contribution >= 0.6 is 0 Å². The minimum absolute atomic E-state index is 0.0226. The van der Waals surface area contributed by atoms with E-state index in [1.165, 1.54) is 12.1 Å². The molecular formula is C20H19FN2O2. The van der Waals surface area contributed by atoms with Crippen molar-refractivity contribution in [3.05, 3.63) is 58.9 Å². The molecule has 1 amide bonds. The number of carbonyl (C=O) groups excluding carboxylic acids is 2. The van der Waals surface area contributed by atoms with Crippen LogP contribution in [0.1, 0.15) is 32.2 Å². The van der Waals surface area contributed by atoms with E-state index in [0.29, 0.717) is 30.2 Å². The first-order valence-corrected chi connectivity index (χ1v) is 8.42. The molecule has 2 atom stereocenters. The molecule has 0 aromatic heterocycles. The highest BCUT2D eigenvalue weighted by molar-refractivity contribution is 5.97. The number of rotatable bonds is 2. The monoisotopic (exact) mass is 338 g/mol. The van der Waals surface area contributed by atoms with Crippen LogP contribution in [0.2, 0.25) is 0 Å². The van der Waals surface area contributed by atoms with Gasteiger partial charge in [0.25, 0.3) is 5.91 Å². The number of aldehydes is 1. The van der Waals surface area contributed by atoms with Gasteiger partial charge in [-0.3, -0.25) is 9.59 Å². The average Bonchev–Trinajstić information content (AvgIpc) is 2.94. The number of likely N-dealkylation sites (tertiary alicyclic amines) is 1. The molecule has 128 valence electrons. The summed E-state index contributed by atoms with van der Waals surface area (Å²) < 4.78 is 13.6. The van der Waals surface area contributed by atoms with Gasteiger partial charge in [-0.1, -0.05) is 18.2 Å². The normalized spacial score (nSPS) is 22.7. The molecule has 1 fully saturated rings. The second-order valence-electron chi connectivity index (χ2n) is 6.95. The van der Waals surface area contributed by atoms with Gasteiger partial charge in [0.2, 0.25) is 0 Å². The SMILES string of the molecule is CN1C[C@@H]2CNC(=O)c3cc(-c4ccc(F)c(C=O)c4)ccc3[C@H]2C1. The molecule has 25 heavy (non-hydrogen) atoms. The molecule has 0 unspecified atom stereocenters. The molecule has 2 aliphatic heterocycles. The Balaban J connectivity index is 1.79. The molecule has 2 aromatic carbocycles. The second kappa shape index (κ2) is 6.08. The summed E-state index contributed by atoms with van der Waals surface area (Å²) in [7, 11) is 2.10. The maximum atomic E-state index is 13.6. The third-order valence-electron chi connectivity index (χ3n) is 5.30. The van der Waals surface area contributed by atoms with Gasteiger partial charge in [-0.15, -0.1) is 0 Å². The summed E-state index contributed by atoms with van der Waals surface area (Å²) in [6.07, 6.45) is 0.508. The number of nitrogens with zero attached hydrogens (tertiary/aromatic N) is 1. The predicted octanol–water partition coefficient (Wildman–Crippen LogP) is 2.69. The molecule has 2 heterocycles. The first kappa shape index (κ1) is 16.0. The third kappa shape index (κ3) is 2.74. The fourth-order valence-corrected chi connectivity index (χ4v) is 4.03.